The topological polar surface area (TPSA) is 38.7 Å². The molecule has 1 radical (unpaired) electrons. The van der Waals surface area contributed by atoms with Gasteiger partial charge in [0, 0.05) is 51.2 Å². The fourth-order valence-corrected chi connectivity index (χ4v) is 8.03. The summed E-state index contributed by atoms with van der Waals surface area (Å²) < 4.78 is 19.6. The van der Waals surface area contributed by atoms with Crippen LogP contribution in [0.3, 0.4) is 0 Å². The molecule has 3 aromatic carbocycles. The van der Waals surface area contributed by atoms with Crippen LogP contribution in [0.2, 0.25) is 19.6 Å². The molecule has 0 saturated heterocycles. The summed E-state index contributed by atoms with van der Waals surface area (Å²) in [7, 11) is -1.23. The van der Waals surface area contributed by atoms with Crippen molar-refractivity contribution in [3.05, 3.63) is 132 Å². The van der Waals surface area contributed by atoms with Crippen molar-refractivity contribution in [2.45, 2.75) is 66.0 Å². The summed E-state index contributed by atoms with van der Waals surface area (Å²) >= 11 is 1.74. The summed E-state index contributed by atoms with van der Waals surface area (Å²) in [6, 6.07) is 37.5. The van der Waals surface area contributed by atoms with Crippen molar-refractivity contribution in [2.24, 2.45) is 0 Å². The van der Waals surface area contributed by atoms with E-state index in [-0.39, 0.29) is 20.1 Å². The molecule has 0 N–H and O–H groups in total. The Hall–Kier alpha value is -3.80. The van der Waals surface area contributed by atoms with Gasteiger partial charge in [0.2, 0.25) is 0 Å². The van der Waals surface area contributed by atoms with Crippen LogP contribution in [-0.4, -0.2) is 23.0 Å². The molecule has 49 heavy (non-hydrogen) atoms. The van der Waals surface area contributed by atoms with Gasteiger partial charge in [0.15, 0.2) is 0 Å². The fourth-order valence-electron chi connectivity index (χ4n) is 5.75. The first-order chi connectivity index (χ1) is 23.6. The van der Waals surface area contributed by atoms with Crippen LogP contribution >= 0.6 is 11.3 Å². The Labute approximate surface area is 313 Å². The number of benzene rings is 3. The Morgan fingerprint density at radius 2 is 1.49 bits per heavy atom. The Morgan fingerprint density at radius 3 is 2.14 bits per heavy atom. The second-order valence-electron chi connectivity index (χ2n) is 13.6. The van der Waals surface area contributed by atoms with Gasteiger partial charge in [0.05, 0.1) is 13.8 Å². The Kier molecular flexibility index (Phi) is 10.6. The van der Waals surface area contributed by atoms with E-state index in [0.717, 1.165) is 55.3 Å². The summed E-state index contributed by atoms with van der Waals surface area (Å²) in [4.78, 5) is 14.0. The standard InChI is InChI=1S/C29H27N2S.C14H16NSi.Ir/c1-17(2)24-15-27(30-16-25(24)18(3)4)23-10-7-9-22-21-13-12-20(14-28(21)32-29(22)23)26-11-6-8-19(5)31-26;1-16(2,3)13-9-10-14(15-11-13)12-7-5-4-6-8-12;/h6-9,11-18H,1-5H3;4-7,9-11H,1-3H3;/q2*-1;/i17D,18D;;. The zero-order valence-corrected chi connectivity index (χ0v) is 33.6. The molecule has 0 aliphatic rings. The normalized spacial score (nSPS) is 12.5. The van der Waals surface area contributed by atoms with Crippen molar-refractivity contribution in [2.75, 3.05) is 0 Å². The van der Waals surface area contributed by atoms with Crippen molar-refractivity contribution in [1.82, 2.24) is 15.0 Å². The van der Waals surface area contributed by atoms with E-state index in [0.29, 0.717) is 0 Å². The average molecular weight is 856 g/mol. The summed E-state index contributed by atoms with van der Waals surface area (Å²) in [5.41, 5.74) is 8.49. The van der Waals surface area contributed by atoms with Crippen LogP contribution in [-0.2, 0) is 20.1 Å². The number of aromatic nitrogens is 3. The van der Waals surface area contributed by atoms with Gasteiger partial charge in [-0.15, -0.1) is 59.7 Å². The van der Waals surface area contributed by atoms with Gasteiger partial charge in [-0.3, -0.25) is 4.98 Å². The molecule has 0 spiro atoms. The predicted octanol–water partition coefficient (Wildman–Crippen LogP) is 11.6. The van der Waals surface area contributed by atoms with Crippen molar-refractivity contribution in [1.29, 1.82) is 0 Å². The molecule has 0 aliphatic carbocycles. The molecule has 0 bridgehead atoms. The number of hydrogen-bond acceptors (Lipinski definition) is 4. The van der Waals surface area contributed by atoms with E-state index >= 15 is 0 Å². The summed E-state index contributed by atoms with van der Waals surface area (Å²) in [6.45, 7) is 16.4. The van der Waals surface area contributed by atoms with Gasteiger partial charge in [-0.2, -0.15) is 11.3 Å². The SMILES string of the molecule is C[Si](C)(C)c1ccc(-c2[c-]cccc2)nc1.[2H]C(C)(C)c1cnc(-c2[c-]ccc3c2sc2cc(-c4cccc(C)n4)ccc23)cc1C([2H])(C)C.[Ir]. The van der Waals surface area contributed by atoms with E-state index in [9.17, 15) is 0 Å². The first-order valence-corrected chi connectivity index (χ1v) is 20.7. The summed E-state index contributed by atoms with van der Waals surface area (Å²) in [6.07, 6.45) is 3.79. The van der Waals surface area contributed by atoms with E-state index in [1.165, 1.54) is 20.7 Å². The molecule has 3 nitrogen and oxygen atoms in total. The largest absolute Gasteiger partial charge is 0.305 e. The predicted molar refractivity (Wildman–Crippen MR) is 209 cm³/mol. The molecule has 7 aromatic rings. The van der Waals surface area contributed by atoms with Crippen LogP contribution in [0.25, 0.3) is 53.9 Å². The molecule has 6 heteroatoms. The quantitative estimate of drug-likeness (QED) is 0.124. The first-order valence-electron chi connectivity index (χ1n) is 17.4. The number of pyridine rings is 3. The number of fused-ring (bicyclic) bond motifs is 3. The molecule has 0 atom stereocenters. The van der Waals surface area contributed by atoms with Gasteiger partial charge in [-0.25, -0.2) is 0 Å². The third-order valence-electron chi connectivity index (χ3n) is 8.47. The van der Waals surface area contributed by atoms with E-state index in [1.807, 2.05) is 95.4 Å². The van der Waals surface area contributed by atoms with Crippen LogP contribution in [0.4, 0.5) is 0 Å². The third-order valence-corrected chi connectivity index (χ3v) is 11.7. The molecule has 4 heterocycles. The van der Waals surface area contributed by atoms with E-state index in [4.69, 9.17) is 7.73 Å². The molecule has 0 unspecified atom stereocenters. The monoisotopic (exact) mass is 856 g/mol. The van der Waals surface area contributed by atoms with Crippen LogP contribution in [0.15, 0.2) is 103 Å². The maximum Gasteiger partial charge on any atom is 0.0795 e. The van der Waals surface area contributed by atoms with Crippen molar-refractivity contribution in [3.63, 3.8) is 0 Å². The Morgan fingerprint density at radius 1 is 0.714 bits per heavy atom. The molecular formula is C43H43IrN3SSi-2. The van der Waals surface area contributed by atoms with Crippen LogP contribution in [0.1, 0.15) is 59.0 Å². The van der Waals surface area contributed by atoms with E-state index in [2.05, 4.69) is 78.1 Å². The van der Waals surface area contributed by atoms with Gasteiger partial charge >= 0.3 is 0 Å². The van der Waals surface area contributed by atoms with Crippen molar-refractivity contribution >= 4 is 44.8 Å². The second-order valence-corrected chi connectivity index (χ2v) is 19.8. The molecule has 0 aliphatic heterocycles. The van der Waals surface area contributed by atoms with Crippen LogP contribution in [0, 0.1) is 19.1 Å². The van der Waals surface area contributed by atoms with Gasteiger partial charge in [-0.05, 0) is 74.7 Å². The summed E-state index contributed by atoms with van der Waals surface area (Å²) in [5, 5.41) is 3.78. The third kappa shape index (κ3) is 8.16. The molecule has 7 rings (SSSR count). The first kappa shape index (κ1) is 33.7. The zero-order valence-electron chi connectivity index (χ0n) is 31.4. The minimum atomic E-state index is -1.23. The van der Waals surface area contributed by atoms with Gasteiger partial charge in [0.25, 0.3) is 0 Å². The maximum absolute atomic E-state index is 8.70. The average Bonchev–Trinajstić information content (AvgIpc) is 3.46. The number of thiophene rings is 1. The summed E-state index contributed by atoms with van der Waals surface area (Å²) in [5.74, 6) is -1.66. The Bertz CT molecular complexity index is 2280. The smallest absolute Gasteiger partial charge is 0.0795 e. The van der Waals surface area contributed by atoms with Crippen molar-refractivity contribution < 1.29 is 22.8 Å². The van der Waals surface area contributed by atoms with E-state index < -0.39 is 19.9 Å². The minimum Gasteiger partial charge on any atom is -0.305 e. The number of hydrogen-bond donors (Lipinski definition) is 0. The molecule has 4 aromatic heterocycles. The fraction of sp³-hybridized carbons (Fsp3) is 0.233. The molecular weight excluding hydrogens is 811 g/mol. The molecule has 0 amide bonds. The Balaban J connectivity index is 0.000000249. The minimum absolute atomic E-state index is 0. The van der Waals surface area contributed by atoms with Crippen LogP contribution < -0.4 is 5.19 Å². The second kappa shape index (κ2) is 15.4. The number of rotatable bonds is 6. The molecule has 251 valence electrons. The van der Waals surface area contributed by atoms with Crippen molar-refractivity contribution in [3.8, 4) is 33.8 Å². The zero-order chi connectivity index (χ0) is 35.8. The van der Waals surface area contributed by atoms with Gasteiger partial charge < -0.3 is 9.97 Å². The van der Waals surface area contributed by atoms with Gasteiger partial charge in [0.1, 0.15) is 0 Å². The number of nitrogens with zero attached hydrogens (tertiary/aromatic N) is 3. The van der Waals surface area contributed by atoms with Gasteiger partial charge in [-0.1, -0.05) is 89.1 Å². The molecule has 0 saturated carbocycles. The molecule has 0 fully saturated rings. The maximum atomic E-state index is 8.70. The number of aryl methyl sites for hydroxylation is 1. The van der Waals surface area contributed by atoms with E-state index in [1.54, 1.807) is 17.5 Å². The van der Waals surface area contributed by atoms with Crippen LogP contribution in [0.5, 0.6) is 0 Å².